The van der Waals surface area contributed by atoms with Crippen molar-refractivity contribution < 1.29 is 19.0 Å². The highest BCUT2D eigenvalue weighted by Crippen LogP contribution is 2.38. The molecule has 7 heteroatoms. The Kier molecular flexibility index (Phi) is 6.35. The van der Waals surface area contributed by atoms with Gasteiger partial charge in [0.2, 0.25) is 5.75 Å². The molecule has 1 saturated heterocycles. The number of carbonyl (C=O) groups excluding carboxylic acids is 1. The van der Waals surface area contributed by atoms with Crippen LogP contribution in [-0.2, 0) is 0 Å². The van der Waals surface area contributed by atoms with Crippen LogP contribution in [0.3, 0.4) is 0 Å². The number of carbonyl (C=O) groups is 1. The molecule has 0 aliphatic carbocycles. The van der Waals surface area contributed by atoms with Gasteiger partial charge in [-0.1, -0.05) is 0 Å². The van der Waals surface area contributed by atoms with Gasteiger partial charge in [0.25, 0.3) is 5.91 Å². The largest absolute Gasteiger partial charge is 0.493 e. The van der Waals surface area contributed by atoms with E-state index in [1.54, 1.807) is 12.1 Å². The summed E-state index contributed by atoms with van der Waals surface area (Å²) in [5, 5.41) is 3.99. The summed E-state index contributed by atoms with van der Waals surface area (Å²) in [7, 11) is 4.58. The Labute approximate surface area is 188 Å². The first-order valence-electron chi connectivity index (χ1n) is 10.8. The molecular formula is C25H29N3O4. The number of methoxy groups -OCH3 is 3. The zero-order valence-electron chi connectivity index (χ0n) is 19.0. The molecule has 3 aromatic rings. The minimum Gasteiger partial charge on any atom is -0.493 e. The van der Waals surface area contributed by atoms with E-state index < -0.39 is 0 Å². The molecule has 1 aliphatic rings. The average molecular weight is 436 g/mol. The molecule has 1 fully saturated rings. The molecule has 0 bridgehead atoms. The summed E-state index contributed by atoms with van der Waals surface area (Å²) < 4.78 is 16.0. The van der Waals surface area contributed by atoms with Gasteiger partial charge in [0, 0.05) is 29.7 Å². The minimum atomic E-state index is -0.265. The first-order chi connectivity index (χ1) is 15.5. The Morgan fingerprint density at radius 1 is 0.938 bits per heavy atom. The number of amides is 1. The highest BCUT2D eigenvalue weighted by molar-refractivity contribution is 6.06. The predicted molar refractivity (Wildman–Crippen MR) is 127 cm³/mol. The van der Waals surface area contributed by atoms with Crippen LogP contribution in [-0.4, -0.2) is 45.3 Å². The molecule has 32 heavy (non-hydrogen) atoms. The summed E-state index contributed by atoms with van der Waals surface area (Å²) in [6.45, 7) is 4.20. The Bertz CT molecular complexity index is 1110. The number of hydrogen-bond donors (Lipinski definition) is 1. The standard InChI is InChI=1S/C25H29N3O4/c1-16-12-23(28-10-6-5-7-11-28)27-20-9-8-18(15-19(16)20)26-25(29)17-13-21(30-2)24(32-4)22(14-17)31-3/h8-9,12-15H,5-7,10-11H2,1-4H3,(H,26,29). The fraction of sp³-hybridized carbons (Fsp3) is 0.360. The van der Waals surface area contributed by atoms with Gasteiger partial charge in [0.15, 0.2) is 11.5 Å². The van der Waals surface area contributed by atoms with Crippen molar-refractivity contribution in [2.75, 3.05) is 44.6 Å². The number of piperidine rings is 1. The lowest BCUT2D eigenvalue weighted by atomic mass is 10.1. The molecule has 0 radical (unpaired) electrons. The second-order valence-corrected chi connectivity index (χ2v) is 7.95. The van der Waals surface area contributed by atoms with Crippen molar-refractivity contribution in [3.63, 3.8) is 0 Å². The van der Waals surface area contributed by atoms with E-state index in [-0.39, 0.29) is 5.91 Å². The number of pyridine rings is 1. The summed E-state index contributed by atoms with van der Waals surface area (Å²) in [6, 6.07) is 11.2. The molecule has 2 heterocycles. The van der Waals surface area contributed by atoms with E-state index in [0.29, 0.717) is 28.5 Å². The number of fused-ring (bicyclic) bond motifs is 1. The molecule has 1 N–H and O–H groups in total. The van der Waals surface area contributed by atoms with E-state index in [0.717, 1.165) is 35.4 Å². The van der Waals surface area contributed by atoms with Crippen LogP contribution in [0.1, 0.15) is 35.2 Å². The second-order valence-electron chi connectivity index (χ2n) is 7.95. The molecule has 168 valence electrons. The summed E-state index contributed by atoms with van der Waals surface area (Å²) >= 11 is 0. The zero-order chi connectivity index (χ0) is 22.7. The summed E-state index contributed by atoms with van der Waals surface area (Å²) in [4.78, 5) is 20.2. The number of aryl methyl sites for hydroxylation is 1. The van der Waals surface area contributed by atoms with Gasteiger partial charge in [-0.15, -0.1) is 0 Å². The van der Waals surface area contributed by atoms with Crippen LogP contribution >= 0.6 is 0 Å². The lowest BCUT2D eigenvalue weighted by Crippen LogP contribution is -2.30. The molecule has 4 rings (SSSR count). The number of benzene rings is 2. The van der Waals surface area contributed by atoms with E-state index in [9.17, 15) is 4.79 Å². The quantitative estimate of drug-likeness (QED) is 0.599. The zero-order valence-corrected chi connectivity index (χ0v) is 19.0. The van der Waals surface area contributed by atoms with Gasteiger partial charge >= 0.3 is 0 Å². The summed E-state index contributed by atoms with van der Waals surface area (Å²) in [6.07, 6.45) is 3.72. The lowest BCUT2D eigenvalue weighted by molar-refractivity contribution is 0.102. The topological polar surface area (TPSA) is 72.9 Å². The van der Waals surface area contributed by atoms with Crippen LogP contribution in [0, 0.1) is 6.92 Å². The predicted octanol–water partition coefficient (Wildman–Crippen LogP) is 4.81. The van der Waals surface area contributed by atoms with E-state index >= 15 is 0 Å². The van der Waals surface area contributed by atoms with Gasteiger partial charge in [-0.25, -0.2) is 4.98 Å². The van der Waals surface area contributed by atoms with Crippen molar-refractivity contribution in [3.05, 3.63) is 47.5 Å². The van der Waals surface area contributed by atoms with Gasteiger partial charge < -0.3 is 24.4 Å². The van der Waals surface area contributed by atoms with Gasteiger partial charge in [-0.05, 0) is 68.1 Å². The molecule has 2 aromatic carbocycles. The van der Waals surface area contributed by atoms with Crippen molar-refractivity contribution in [1.29, 1.82) is 0 Å². The third-order valence-electron chi connectivity index (χ3n) is 5.87. The fourth-order valence-corrected chi connectivity index (χ4v) is 4.15. The van der Waals surface area contributed by atoms with Crippen LogP contribution in [0.15, 0.2) is 36.4 Å². The Morgan fingerprint density at radius 2 is 1.62 bits per heavy atom. The monoisotopic (exact) mass is 435 g/mol. The molecule has 0 atom stereocenters. The van der Waals surface area contributed by atoms with Crippen molar-refractivity contribution >= 4 is 28.3 Å². The molecule has 7 nitrogen and oxygen atoms in total. The third-order valence-corrected chi connectivity index (χ3v) is 5.87. The maximum Gasteiger partial charge on any atom is 0.255 e. The van der Waals surface area contributed by atoms with Crippen LogP contribution in [0.2, 0.25) is 0 Å². The van der Waals surface area contributed by atoms with E-state index in [4.69, 9.17) is 19.2 Å². The van der Waals surface area contributed by atoms with Gasteiger partial charge in [0.1, 0.15) is 5.82 Å². The Balaban J connectivity index is 1.60. The highest BCUT2D eigenvalue weighted by Gasteiger charge is 2.18. The molecule has 0 unspecified atom stereocenters. The average Bonchev–Trinajstić information content (AvgIpc) is 2.83. The van der Waals surface area contributed by atoms with Crippen molar-refractivity contribution in [2.45, 2.75) is 26.2 Å². The van der Waals surface area contributed by atoms with Crippen molar-refractivity contribution in [1.82, 2.24) is 4.98 Å². The van der Waals surface area contributed by atoms with E-state index in [2.05, 4.69) is 23.2 Å². The van der Waals surface area contributed by atoms with Gasteiger partial charge in [-0.2, -0.15) is 0 Å². The first kappa shape index (κ1) is 21.7. The molecule has 1 aliphatic heterocycles. The van der Waals surface area contributed by atoms with Crippen LogP contribution in [0.25, 0.3) is 10.9 Å². The van der Waals surface area contributed by atoms with Crippen LogP contribution in [0.4, 0.5) is 11.5 Å². The number of hydrogen-bond acceptors (Lipinski definition) is 6. The number of anilines is 2. The number of aromatic nitrogens is 1. The van der Waals surface area contributed by atoms with Gasteiger partial charge in [0.05, 0.1) is 26.8 Å². The number of nitrogens with zero attached hydrogens (tertiary/aromatic N) is 2. The molecule has 1 aromatic heterocycles. The molecular weight excluding hydrogens is 406 g/mol. The van der Waals surface area contributed by atoms with Gasteiger partial charge in [-0.3, -0.25) is 4.79 Å². The van der Waals surface area contributed by atoms with E-state index in [1.165, 1.54) is 40.6 Å². The minimum absolute atomic E-state index is 0.265. The first-order valence-corrected chi connectivity index (χ1v) is 10.8. The van der Waals surface area contributed by atoms with Crippen LogP contribution < -0.4 is 24.4 Å². The summed E-state index contributed by atoms with van der Waals surface area (Å²) in [5.41, 5.74) is 3.18. The number of rotatable bonds is 6. The smallest absolute Gasteiger partial charge is 0.255 e. The molecule has 0 saturated carbocycles. The van der Waals surface area contributed by atoms with Crippen molar-refractivity contribution in [3.8, 4) is 17.2 Å². The SMILES string of the molecule is COc1cc(C(=O)Nc2ccc3nc(N4CCCCC4)cc(C)c3c2)cc(OC)c1OC. The fourth-order valence-electron chi connectivity index (χ4n) is 4.15. The van der Waals surface area contributed by atoms with Crippen LogP contribution in [0.5, 0.6) is 17.2 Å². The van der Waals surface area contributed by atoms with E-state index in [1.807, 2.05) is 18.2 Å². The number of ether oxygens (including phenoxy) is 3. The molecule has 0 spiro atoms. The summed E-state index contributed by atoms with van der Waals surface area (Å²) in [5.74, 6) is 2.08. The maximum atomic E-state index is 12.9. The highest BCUT2D eigenvalue weighted by atomic mass is 16.5. The molecule has 1 amide bonds. The third kappa shape index (κ3) is 4.28. The normalized spacial score (nSPS) is 13.7. The number of nitrogens with one attached hydrogen (secondary N) is 1. The van der Waals surface area contributed by atoms with Crippen molar-refractivity contribution in [2.24, 2.45) is 0 Å². The Hall–Kier alpha value is -3.48. The second kappa shape index (κ2) is 9.34. The Morgan fingerprint density at radius 3 is 2.25 bits per heavy atom. The lowest BCUT2D eigenvalue weighted by Gasteiger charge is -2.28. The maximum absolute atomic E-state index is 12.9.